The average molecular weight is 307 g/mol. The summed E-state index contributed by atoms with van der Waals surface area (Å²) in [4.78, 5) is 13.5. The Morgan fingerprint density at radius 1 is 1.40 bits per heavy atom. The standard InChI is InChI=1S/C13H14ClF3N2O/c14-11-4-3-9(18)6-10(11)12(20)19-5-1-2-8(7-19)13(15,16)17/h3-4,6,8H,1-2,5,7,18H2. The van der Waals surface area contributed by atoms with Crippen molar-refractivity contribution in [3.63, 3.8) is 0 Å². The summed E-state index contributed by atoms with van der Waals surface area (Å²) in [6.07, 6.45) is -3.90. The number of amides is 1. The van der Waals surface area contributed by atoms with Crippen molar-refractivity contribution < 1.29 is 18.0 Å². The van der Waals surface area contributed by atoms with E-state index in [0.29, 0.717) is 18.7 Å². The lowest BCUT2D eigenvalue weighted by atomic mass is 9.97. The van der Waals surface area contributed by atoms with Gasteiger partial charge < -0.3 is 10.6 Å². The lowest BCUT2D eigenvalue weighted by Gasteiger charge is -2.34. The molecule has 2 N–H and O–H groups in total. The number of likely N-dealkylation sites (tertiary alicyclic amines) is 1. The van der Waals surface area contributed by atoms with E-state index in [2.05, 4.69) is 0 Å². The molecular weight excluding hydrogens is 293 g/mol. The Morgan fingerprint density at radius 2 is 2.10 bits per heavy atom. The molecule has 0 saturated carbocycles. The first kappa shape index (κ1) is 15.0. The highest BCUT2D eigenvalue weighted by Crippen LogP contribution is 2.34. The minimum atomic E-state index is -4.28. The van der Waals surface area contributed by atoms with Gasteiger partial charge in [0.1, 0.15) is 0 Å². The molecule has 1 aromatic rings. The molecule has 1 aliphatic rings. The summed E-state index contributed by atoms with van der Waals surface area (Å²) in [6.45, 7) is -0.0238. The van der Waals surface area contributed by atoms with Crippen LogP contribution in [0.15, 0.2) is 18.2 Å². The van der Waals surface area contributed by atoms with E-state index in [0.717, 1.165) is 0 Å². The third-order valence-electron chi connectivity index (χ3n) is 3.39. The van der Waals surface area contributed by atoms with Crippen LogP contribution in [0.2, 0.25) is 5.02 Å². The van der Waals surface area contributed by atoms with Gasteiger partial charge in [0.05, 0.1) is 16.5 Å². The van der Waals surface area contributed by atoms with E-state index in [1.54, 1.807) is 0 Å². The van der Waals surface area contributed by atoms with Crippen LogP contribution in [-0.4, -0.2) is 30.1 Å². The van der Waals surface area contributed by atoms with Gasteiger partial charge in [-0.2, -0.15) is 13.2 Å². The summed E-state index contributed by atoms with van der Waals surface area (Å²) < 4.78 is 38.2. The van der Waals surface area contributed by atoms with Gasteiger partial charge in [0.15, 0.2) is 0 Å². The highest BCUT2D eigenvalue weighted by atomic mass is 35.5. The van der Waals surface area contributed by atoms with E-state index in [1.165, 1.54) is 23.1 Å². The second kappa shape index (κ2) is 5.52. The largest absolute Gasteiger partial charge is 0.399 e. The number of piperidine rings is 1. The van der Waals surface area contributed by atoms with E-state index in [9.17, 15) is 18.0 Å². The number of hydrogen-bond donors (Lipinski definition) is 1. The van der Waals surface area contributed by atoms with Crippen LogP contribution in [-0.2, 0) is 0 Å². The maximum absolute atomic E-state index is 12.7. The Bertz CT molecular complexity index is 519. The summed E-state index contributed by atoms with van der Waals surface area (Å²) in [5.74, 6) is -1.98. The molecule has 3 nitrogen and oxygen atoms in total. The van der Waals surface area contributed by atoms with Crippen LogP contribution in [0, 0.1) is 5.92 Å². The molecule has 0 aromatic heterocycles. The Hall–Kier alpha value is -1.43. The van der Waals surface area contributed by atoms with Gasteiger partial charge >= 0.3 is 6.18 Å². The Kier molecular flexibility index (Phi) is 4.13. The number of halogens is 4. The second-order valence-electron chi connectivity index (χ2n) is 4.87. The van der Waals surface area contributed by atoms with Crippen LogP contribution in [0.1, 0.15) is 23.2 Å². The van der Waals surface area contributed by atoms with Gasteiger partial charge in [0, 0.05) is 18.8 Å². The number of hydrogen-bond acceptors (Lipinski definition) is 2. The van der Waals surface area contributed by atoms with Crippen molar-refractivity contribution in [2.75, 3.05) is 18.8 Å². The highest BCUT2D eigenvalue weighted by Gasteiger charge is 2.42. The Morgan fingerprint density at radius 3 is 2.75 bits per heavy atom. The molecule has 20 heavy (non-hydrogen) atoms. The number of nitrogen functional groups attached to an aromatic ring is 1. The fraction of sp³-hybridized carbons (Fsp3) is 0.462. The van der Waals surface area contributed by atoms with Crippen molar-refractivity contribution in [1.29, 1.82) is 0 Å². The monoisotopic (exact) mass is 306 g/mol. The number of nitrogens with two attached hydrogens (primary N) is 1. The predicted octanol–water partition coefficient (Wildman–Crippen LogP) is 3.34. The first-order valence-electron chi connectivity index (χ1n) is 6.20. The SMILES string of the molecule is Nc1ccc(Cl)c(C(=O)N2CCCC(C(F)(F)F)C2)c1. The van der Waals surface area contributed by atoms with Crippen LogP contribution in [0.4, 0.5) is 18.9 Å². The molecule has 2 rings (SSSR count). The Labute approximate surface area is 119 Å². The summed E-state index contributed by atoms with van der Waals surface area (Å²) in [5, 5.41) is 0.193. The number of anilines is 1. The average Bonchev–Trinajstić information content (AvgIpc) is 2.40. The van der Waals surface area contributed by atoms with E-state index in [-0.39, 0.29) is 23.6 Å². The van der Waals surface area contributed by atoms with Crippen molar-refractivity contribution in [3.05, 3.63) is 28.8 Å². The number of benzene rings is 1. The number of alkyl halides is 3. The molecule has 0 bridgehead atoms. The summed E-state index contributed by atoms with van der Waals surface area (Å²) in [6, 6.07) is 4.39. The maximum Gasteiger partial charge on any atom is 0.393 e. The molecule has 0 spiro atoms. The fourth-order valence-corrected chi connectivity index (χ4v) is 2.50. The zero-order chi connectivity index (χ0) is 14.9. The van der Waals surface area contributed by atoms with Crippen molar-refractivity contribution >= 4 is 23.2 Å². The van der Waals surface area contributed by atoms with E-state index >= 15 is 0 Å². The molecule has 7 heteroatoms. The van der Waals surface area contributed by atoms with Gasteiger partial charge in [-0.25, -0.2) is 0 Å². The predicted molar refractivity (Wildman–Crippen MR) is 70.5 cm³/mol. The highest BCUT2D eigenvalue weighted by molar-refractivity contribution is 6.34. The third-order valence-corrected chi connectivity index (χ3v) is 3.72. The van der Waals surface area contributed by atoms with Gasteiger partial charge in [-0.05, 0) is 31.0 Å². The molecule has 0 aliphatic carbocycles. The van der Waals surface area contributed by atoms with Crippen molar-refractivity contribution in [2.45, 2.75) is 19.0 Å². The summed E-state index contributed by atoms with van der Waals surface area (Å²) >= 11 is 5.91. The van der Waals surface area contributed by atoms with Crippen LogP contribution >= 0.6 is 11.6 Å². The molecule has 1 saturated heterocycles. The maximum atomic E-state index is 12.7. The number of rotatable bonds is 1. The van der Waals surface area contributed by atoms with Crippen LogP contribution in [0.25, 0.3) is 0 Å². The zero-order valence-corrected chi connectivity index (χ0v) is 11.3. The Balaban J connectivity index is 2.18. The van der Waals surface area contributed by atoms with Gasteiger partial charge in [0.2, 0.25) is 0 Å². The second-order valence-corrected chi connectivity index (χ2v) is 5.28. The fourth-order valence-electron chi connectivity index (χ4n) is 2.31. The molecule has 1 aromatic carbocycles. The lowest BCUT2D eigenvalue weighted by Crippen LogP contribution is -2.44. The first-order chi connectivity index (χ1) is 9.29. The van der Waals surface area contributed by atoms with Gasteiger partial charge in [-0.15, -0.1) is 0 Å². The molecule has 1 heterocycles. The van der Waals surface area contributed by atoms with Gasteiger partial charge in [-0.1, -0.05) is 11.6 Å². The molecule has 1 unspecified atom stereocenters. The smallest absolute Gasteiger partial charge is 0.393 e. The van der Waals surface area contributed by atoms with Crippen molar-refractivity contribution in [2.24, 2.45) is 5.92 Å². The molecule has 1 fully saturated rings. The van der Waals surface area contributed by atoms with Gasteiger partial charge in [0.25, 0.3) is 5.91 Å². The van der Waals surface area contributed by atoms with Crippen LogP contribution in [0.5, 0.6) is 0 Å². The lowest BCUT2D eigenvalue weighted by molar-refractivity contribution is -0.184. The zero-order valence-electron chi connectivity index (χ0n) is 10.6. The normalized spacial score (nSPS) is 20.0. The molecule has 0 radical (unpaired) electrons. The number of nitrogens with zero attached hydrogens (tertiary/aromatic N) is 1. The van der Waals surface area contributed by atoms with E-state index in [1.807, 2.05) is 0 Å². The molecule has 1 atom stereocenters. The number of carbonyl (C=O) groups excluding carboxylic acids is 1. The minimum Gasteiger partial charge on any atom is -0.399 e. The van der Waals surface area contributed by atoms with Gasteiger partial charge in [-0.3, -0.25) is 4.79 Å². The van der Waals surface area contributed by atoms with E-state index in [4.69, 9.17) is 17.3 Å². The van der Waals surface area contributed by atoms with Crippen LogP contribution < -0.4 is 5.73 Å². The quantitative estimate of drug-likeness (QED) is 0.809. The summed E-state index contributed by atoms with van der Waals surface area (Å²) in [5.41, 5.74) is 6.08. The van der Waals surface area contributed by atoms with Crippen LogP contribution in [0.3, 0.4) is 0 Å². The van der Waals surface area contributed by atoms with Crippen molar-refractivity contribution in [3.8, 4) is 0 Å². The molecule has 1 amide bonds. The first-order valence-corrected chi connectivity index (χ1v) is 6.58. The third kappa shape index (κ3) is 3.17. The van der Waals surface area contributed by atoms with E-state index < -0.39 is 18.0 Å². The number of carbonyl (C=O) groups is 1. The topological polar surface area (TPSA) is 46.3 Å². The molecule has 110 valence electrons. The van der Waals surface area contributed by atoms with Crippen molar-refractivity contribution in [1.82, 2.24) is 4.90 Å². The molecule has 1 aliphatic heterocycles. The molecular formula is C13H14ClF3N2O. The summed E-state index contributed by atoms with van der Waals surface area (Å²) in [7, 11) is 0. The minimum absolute atomic E-state index is 0.0535.